The van der Waals surface area contributed by atoms with Crippen molar-refractivity contribution in [1.29, 1.82) is 0 Å². The van der Waals surface area contributed by atoms with Crippen LogP contribution in [-0.4, -0.2) is 48.8 Å². The number of imidazole rings is 2. The van der Waals surface area contributed by atoms with Gasteiger partial charge >= 0.3 is 27.3 Å². The molecular formula is C42H48CdCl2N10O8. The summed E-state index contributed by atoms with van der Waals surface area (Å²) in [6, 6.07) is 32.5. The number of aromatic nitrogens is 8. The minimum Gasteiger partial charge on any atom is -0.337 e. The molecule has 0 N–H and O–H groups in total. The molecule has 0 spiro atoms. The van der Waals surface area contributed by atoms with Crippen molar-refractivity contribution >= 4 is 0 Å². The standard InChI is InChI=1S/2C17H19N5.C8H10.Cd.2ClHO4/c2*1-21-11-10-20-17(21)14-22(12-15-6-2-4-8-18-15)13-16-7-3-5-9-19-16;1-7-3-5-8(2)6-4-7;;2*2-1(3,4)5/h2*2-11H,12-14H2,1H3;3-6H,1-2H3;;2*(H,2,3,4,5)/q;;;+2;;/p-2. The Kier molecular flexibility index (Phi) is 25.0. The van der Waals surface area contributed by atoms with Crippen LogP contribution in [0.15, 0.2) is 147 Å². The minimum absolute atomic E-state index is 0. The molecule has 0 saturated heterocycles. The fourth-order valence-electron chi connectivity index (χ4n) is 5.35. The van der Waals surface area contributed by atoms with Crippen LogP contribution in [0.25, 0.3) is 0 Å². The van der Waals surface area contributed by atoms with Crippen LogP contribution in [0, 0.1) is 34.3 Å². The summed E-state index contributed by atoms with van der Waals surface area (Å²) in [7, 11) is -5.86. The molecule has 0 bridgehead atoms. The predicted octanol–water partition coefficient (Wildman–Crippen LogP) is -2.39. The van der Waals surface area contributed by atoms with Crippen LogP contribution in [0.2, 0.25) is 0 Å². The van der Waals surface area contributed by atoms with E-state index in [0.29, 0.717) is 0 Å². The minimum atomic E-state index is -4.94. The van der Waals surface area contributed by atoms with Gasteiger partial charge < -0.3 is 9.13 Å². The van der Waals surface area contributed by atoms with Crippen molar-refractivity contribution in [2.45, 2.75) is 53.1 Å². The van der Waals surface area contributed by atoms with Crippen LogP contribution in [0.1, 0.15) is 45.6 Å². The SMILES string of the molecule is Cc1ccc(C)cc1.Cn1ccnc1CN(Cc1ccccn1)Cc1ccccn1.Cn1ccnc1CN(Cc1ccccn1)Cc1ccccn1.[Cd+2].[O-][Cl+3]([O-])([O-])[O-].[O-][Cl+3]([O-])([O-])[O-]. The molecule has 0 saturated carbocycles. The normalized spacial score (nSPS) is 10.8. The molecule has 7 aromatic rings. The second-order valence-corrected chi connectivity index (χ2v) is 14.9. The quantitative estimate of drug-likeness (QED) is 0.116. The van der Waals surface area contributed by atoms with E-state index in [4.69, 9.17) is 37.3 Å². The number of hydrogen-bond donors (Lipinski definition) is 0. The predicted molar refractivity (Wildman–Crippen MR) is 205 cm³/mol. The van der Waals surface area contributed by atoms with Gasteiger partial charge in [0.25, 0.3) is 0 Å². The zero-order valence-electron chi connectivity index (χ0n) is 35.3. The summed E-state index contributed by atoms with van der Waals surface area (Å²) in [4.78, 5) is 31.1. The second-order valence-electron chi connectivity index (χ2n) is 13.4. The summed E-state index contributed by atoms with van der Waals surface area (Å²) >= 11 is 0. The molecule has 6 aromatic heterocycles. The van der Waals surface area contributed by atoms with Crippen LogP contribution < -0.4 is 37.3 Å². The maximum atomic E-state index is 8.49. The van der Waals surface area contributed by atoms with Crippen LogP contribution in [0.5, 0.6) is 0 Å². The van der Waals surface area contributed by atoms with Crippen LogP contribution in [-0.2, 0) is 80.7 Å². The molecule has 6 heterocycles. The molecule has 0 amide bonds. The zero-order chi connectivity index (χ0) is 45.4. The number of pyridine rings is 4. The van der Waals surface area contributed by atoms with Crippen molar-refractivity contribution in [3.05, 3.63) is 192 Å². The maximum absolute atomic E-state index is 8.49. The Morgan fingerprint density at radius 1 is 0.397 bits per heavy atom. The van der Waals surface area contributed by atoms with E-state index < -0.39 is 20.5 Å². The maximum Gasteiger partial charge on any atom is 2.00 e. The van der Waals surface area contributed by atoms with Gasteiger partial charge in [-0.05, 0) is 62.4 Å². The molecule has 1 aromatic carbocycles. The number of halogens is 2. The number of aryl methyl sites for hydroxylation is 4. The number of hydrogen-bond acceptors (Lipinski definition) is 16. The summed E-state index contributed by atoms with van der Waals surface area (Å²) in [5.41, 5.74) is 6.85. The van der Waals surface area contributed by atoms with Gasteiger partial charge in [0, 0.05) is 89.8 Å². The third-order valence-electron chi connectivity index (χ3n) is 8.24. The van der Waals surface area contributed by atoms with Gasteiger partial charge in [-0.1, -0.05) is 59.7 Å². The Hall–Kier alpha value is -4.66. The van der Waals surface area contributed by atoms with Crippen molar-refractivity contribution in [3.63, 3.8) is 0 Å². The van der Waals surface area contributed by atoms with Gasteiger partial charge in [0.15, 0.2) is 0 Å². The summed E-state index contributed by atoms with van der Waals surface area (Å²) in [6.07, 6.45) is 14.9. The van der Waals surface area contributed by atoms with E-state index >= 15 is 0 Å². The zero-order valence-corrected chi connectivity index (χ0v) is 40.8. The third-order valence-corrected chi connectivity index (χ3v) is 8.24. The van der Waals surface area contributed by atoms with Crippen molar-refractivity contribution in [2.75, 3.05) is 0 Å². The van der Waals surface area contributed by atoms with Gasteiger partial charge in [-0.15, -0.1) is 20.5 Å². The molecule has 0 aliphatic heterocycles. The monoisotopic (exact) mass is 1000 g/mol. The topological polar surface area (TPSA) is 278 Å². The number of rotatable bonds is 12. The van der Waals surface area contributed by atoms with Crippen molar-refractivity contribution in [2.24, 2.45) is 14.1 Å². The first kappa shape index (κ1) is 54.5. The first-order chi connectivity index (χ1) is 29.4. The van der Waals surface area contributed by atoms with E-state index in [-0.39, 0.29) is 27.3 Å². The van der Waals surface area contributed by atoms with Gasteiger partial charge in [-0.2, -0.15) is 0 Å². The molecule has 63 heavy (non-hydrogen) atoms. The van der Waals surface area contributed by atoms with E-state index in [0.717, 1.165) is 73.7 Å². The van der Waals surface area contributed by atoms with Crippen LogP contribution in [0.3, 0.4) is 0 Å². The molecule has 0 unspecified atom stereocenters. The van der Waals surface area contributed by atoms with Gasteiger partial charge in [-0.3, -0.25) is 29.7 Å². The van der Waals surface area contributed by atoms with E-state index in [1.807, 2.05) is 146 Å². The Morgan fingerprint density at radius 3 is 0.841 bits per heavy atom. The van der Waals surface area contributed by atoms with Crippen LogP contribution >= 0.6 is 0 Å². The Labute approximate surface area is 391 Å². The first-order valence-corrected chi connectivity index (χ1v) is 21.1. The van der Waals surface area contributed by atoms with Gasteiger partial charge in [-0.25, -0.2) is 47.2 Å². The molecule has 7 rings (SSSR count). The van der Waals surface area contributed by atoms with Crippen molar-refractivity contribution < 1.29 is 85.1 Å². The van der Waals surface area contributed by atoms with Gasteiger partial charge in [0.05, 0.1) is 35.9 Å². The van der Waals surface area contributed by atoms with Gasteiger partial charge in [0.2, 0.25) is 0 Å². The molecule has 0 aliphatic carbocycles. The third kappa shape index (κ3) is 26.5. The van der Waals surface area contributed by atoms with Gasteiger partial charge in [0.1, 0.15) is 11.6 Å². The molecular weight excluding hydrogens is 956 g/mol. The molecule has 18 nitrogen and oxygen atoms in total. The largest absolute Gasteiger partial charge is 2.00 e. The van der Waals surface area contributed by atoms with Crippen molar-refractivity contribution in [3.8, 4) is 0 Å². The first-order valence-electron chi connectivity index (χ1n) is 18.6. The van der Waals surface area contributed by atoms with E-state index in [9.17, 15) is 0 Å². The molecule has 330 valence electrons. The van der Waals surface area contributed by atoms with E-state index in [1.54, 1.807) is 0 Å². The summed E-state index contributed by atoms with van der Waals surface area (Å²) in [6.45, 7) is 8.79. The summed E-state index contributed by atoms with van der Waals surface area (Å²) < 4.78 is 72.0. The Morgan fingerprint density at radius 2 is 0.651 bits per heavy atom. The van der Waals surface area contributed by atoms with E-state index in [1.165, 1.54) is 11.1 Å². The Balaban J connectivity index is 0.000000310. The van der Waals surface area contributed by atoms with E-state index in [2.05, 4.69) is 77.8 Å². The number of benzene rings is 1. The molecule has 21 heteroatoms. The average Bonchev–Trinajstić information content (AvgIpc) is 3.82. The summed E-state index contributed by atoms with van der Waals surface area (Å²) in [5.74, 6) is 2.07. The molecule has 0 radical (unpaired) electrons. The van der Waals surface area contributed by atoms with Crippen molar-refractivity contribution in [1.82, 2.24) is 48.8 Å². The smallest absolute Gasteiger partial charge is 0.337 e. The van der Waals surface area contributed by atoms with Crippen LogP contribution in [0.4, 0.5) is 0 Å². The second kappa shape index (κ2) is 28.9. The molecule has 0 aliphatic rings. The molecule has 0 atom stereocenters. The molecule has 0 fully saturated rings. The fraction of sp³-hybridized carbons (Fsp3) is 0.238. The fourth-order valence-corrected chi connectivity index (χ4v) is 5.35. The average molecular weight is 1000 g/mol. The summed E-state index contributed by atoms with van der Waals surface area (Å²) in [5, 5.41) is 0. The Bertz CT molecular complexity index is 1970. The number of nitrogens with zero attached hydrogens (tertiary/aromatic N) is 10.